The Bertz CT molecular complexity index is 963. The van der Waals surface area contributed by atoms with Crippen LogP contribution < -0.4 is 5.32 Å². The van der Waals surface area contributed by atoms with Crippen LogP contribution in [0.15, 0.2) is 85.1 Å². The highest BCUT2D eigenvalue weighted by Gasteiger charge is 2.21. The van der Waals surface area contributed by atoms with Gasteiger partial charge in [0.15, 0.2) is 0 Å². The fourth-order valence-corrected chi connectivity index (χ4v) is 3.48. The average molecular weight is 399 g/mol. The quantitative estimate of drug-likeness (QED) is 0.673. The van der Waals surface area contributed by atoms with Gasteiger partial charge in [-0.1, -0.05) is 60.7 Å². The van der Waals surface area contributed by atoms with Crippen LogP contribution in [-0.2, 0) is 0 Å². The minimum atomic E-state index is 0.0493. The van der Waals surface area contributed by atoms with Crippen molar-refractivity contribution in [2.45, 2.75) is 0 Å². The first-order chi connectivity index (χ1) is 14.8. The van der Waals surface area contributed by atoms with Gasteiger partial charge in [0.25, 0.3) is 5.91 Å². The summed E-state index contributed by atoms with van der Waals surface area (Å²) in [5.74, 6) is 0.779. The molecule has 2 heterocycles. The second-order valence-electron chi connectivity index (χ2n) is 7.33. The van der Waals surface area contributed by atoms with Gasteiger partial charge in [0.2, 0.25) is 0 Å². The fraction of sp³-hybridized carbons (Fsp3) is 0.200. The third-order valence-corrected chi connectivity index (χ3v) is 5.19. The molecule has 5 nitrogen and oxygen atoms in total. The van der Waals surface area contributed by atoms with Gasteiger partial charge in [0, 0.05) is 44.6 Å². The number of hydrogen-bond acceptors (Lipinski definition) is 4. The first-order valence-corrected chi connectivity index (χ1v) is 10.3. The van der Waals surface area contributed by atoms with Gasteiger partial charge in [-0.2, -0.15) is 0 Å². The van der Waals surface area contributed by atoms with Gasteiger partial charge >= 0.3 is 0 Å². The van der Waals surface area contributed by atoms with Crippen LogP contribution in [0.25, 0.3) is 6.08 Å². The number of nitrogens with zero attached hydrogens (tertiary/aromatic N) is 3. The van der Waals surface area contributed by atoms with Gasteiger partial charge < -0.3 is 10.2 Å². The number of pyridine rings is 1. The van der Waals surface area contributed by atoms with E-state index in [-0.39, 0.29) is 5.91 Å². The molecule has 1 fully saturated rings. The molecule has 30 heavy (non-hydrogen) atoms. The van der Waals surface area contributed by atoms with Crippen LogP contribution in [0, 0.1) is 0 Å². The Kier molecular flexibility index (Phi) is 6.52. The number of benzene rings is 2. The summed E-state index contributed by atoms with van der Waals surface area (Å²) in [6.07, 6.45) is 5.99. The summed E-state index contributed by atoms with van der Waals surface area (Å²) in [6, 6.07) is 23.9. The molecular formula is C25H26N4O. The van der Waals surface area contributed by atoms with E-state index in [1.807, 2.05) is 65.6 Å². The molecule has 3 aromatic rings. The van der Waals surface area contributed by atoms with E-state index >= 15 is 0 Å². The highest BCUT2D eigenvalue weighted by molar-refractivity contribution is 5.94. The van der Waals surface area contributed by atoms with Crippen molar-refractivity contribution in [3.63, 3.8) is 0 Å². The van der Waals surface area contributed by atoms with E-state index in [2.05, 4.69) is 39.5 Å². The van der Waals surface area contributed by atoms with E-state index in [1.165, 1.54) is 5.56 Å². The maximum absolute atomic E-state index is 12.8. The summed E-state index contributed by atoms with van der Waals surface area (Å²) >= 11 is 0. The lowest BCUT2D eigenvalue weighted by molar-refractivity contribution is 0.0650. The lowest BCUT2D eigenvalue weighted by Gasteiger charge is -2.34. The predicted molar refractivity (Wildman–Crippen MR) is 122 cm³/mol. The Morgan fingerprint density at radius 2 is 1.60 bits per heavy atom. The maximum atomic E-state index is 12.8. The maximum Gasteiger partial charge on any atom is 0.255 e. The Balaban J connectivity index is 1.26. The summed E-state index contributed by atoms with van der Waals surface area (Å²) in [5, 5.41) is 3.24. The first kappa shape index (κ1) is 19.9. The number of nitrogens with one attached hydrogen (secondary N) is 1. The van der Waals surface area contributed by atoms with Crippen LogP contribution in [-0.4, -0.2) is 53.4 Å². The van der Waals surface area contributed by atoms with Crippen LogP contribution in [0.5, 0.6) is 0 Å². The summed E-state index contributed by atoms with van der Waals surface area (Å²) < 4.78 is 0. The van der Waals surface area contributed by atoms with Gasteiger partial charge in [-0.05, 0) is 29.8 Å². The van der Waals surface area contributed by atoms with Crippen molar-refractivity contribution in [2.24, 2.45) is 0 Å². The number of aromatic nitrogens is 1. The third-order valence-electron chi connectivity index (χ3n) is 5.19. The van der Waals surface area contributed by atoms with Crippen molar-refractivity contribution >= 4 is 23.5 Å². The lowest BCUT2D eigenvalue weighted by atomic mass is 10.2. The SMILES string of the molecule is O=C(c1ccc(Nc2ccccc2)nc1)N1CCN(C/C=C/c2ccccc2)CC1. The number of amides is 1. The fourth-order valence-electron chi connectivity index (χ4n) is 3.48. The van der Waals surface area contributed by atoms with Crippen molar-refractivity contribution in [1.82, 2.24) is 14.8 Å². The smallest absolute Gasteiger partial charge is 0.255 e. The van der Waals surface area contributed by atoms with E-state index in [1.54, 1.807) is 6.20 Å². The minimum Gasteiger partial charge on any atom is -0.340 e. The number of carbonyl (C=O) groups excluding carboxylic acids is 1. The molecule has 0 saturated carbocycles. The molecule has 4 rings (SSSR count). The van der Waals surface area contributed by atoms with Crippen LogP contribution in [0.4, 0.5) is 11.5 Å². The van der Waals surface area contributed by atoms with Gasteiger partial charge in [0.05, 0.1) is 5.56 Å². The van der Waals surface area contributed by atoms with Crippen molar-refractivity contribution in [3.8, 4) is 0 Å². The molecule has 1 aliphatic heterocycles. The third kappa shape index (κ3) is 5.33. The number of rotatable bonds is 6. The largest absolute Gasteiger partial charge is 0.340 e. The molecule has 0 unspecified atom stereocenters. The highest BCUT2D eigenvalue weighted by Crippen LogP contribution is 2.15. The van der Waals surface area contributed by atoms with Crippen LogP contribution in [0.2, 0.25) is 0 Å². The molecule has 0 atom stereocenters. The first-order valence-electron chi connectivity index (χ1n) is 10.3. The molecule has 1 N–H and O–H groups in total. The van der Waals surface area contributed by atoms with Gasteiger partial charge in [0.1, 0.15) is 5.82 Å². The van der Waals surface area contributed by atoms with Crippen molar-refractivity contribution < 1.29 is 4.79 Å². The monoisotopic (exact) mass is 398 g/mol. The second-order valence-corrected chi connectivity index (χ2v) is 7.33. The molecule has 5 heteroatoms. The Morgan fingerprint density at radius 1 is 0.900 bits per heavy atom. The summed E-state index contributed by atoms with van der Waals surface area (Å²) in [7, 11) is 0. The molecule has 0 aliphatic carbocycles. The molecule has 152 valence electrons. The van der Waals surface area contributed by atoms with Crippen LogP contribution in [0.1, 0.15) is 15.9 Å². The second kappa shape index (κ2) is 9.85. The molecule has 0 radical (unpaired) electrons. The van der Waals surface area contributed by atoms with Crippen molar-refractivity contribution in [2.75, 3.05) is 38.0 Å². The molecule has 1 amide bonds. The Hall–Kier alpha value is -3.44. The molecule has 2 aromatic carbocycles. The van der Waals surface area contributed by atoms with E-state index in [4.69, 9.17) is 0 Å². The van der Waals surface area contributed by atoms with Gasteiger partial charge in [-0.15, -0.1) is 0 Å². The Labute approximate surface area is 177 Å². The number of para-hydroxylation sites is 1. The zero-order chi connectivity index (χ0) is 20.6. The number of piperazine rings is 1. The Morgan fingerprint density at radius 3 is 2.27 bits per heavy atom. The molecule has 0 spiro atoms. The number of hydrogen-bond donors (Lipinski definition) is 1. The molecule has 1 saturated heterocycles. The zero-order valence-electron chi connectivity index (χ0n) is 16.9. The molecular weight excluding hydrogens is 372 g/mol. The van der Waals surface area contributed by atoms with Gasteiger partial charge in [-0.3, -0.25) is 9.69 Å². The minimum absolute atomic E-state index is 0.0493. The van der Waals surface area contributed by atoms with Crippen molar-refractivity contribution in [3.05, 3.63) is 96.2 Å². The summed E-state index contributed by atoms with van der Waals surface area (Å²) in [4.78, 5) is 21.5. The van der Waals surface area contributed by atoms with Crippen molar-refractivity contribution in [1.29, 1.82) is 0 Å². The number of anilines is 2. The van der Waals surface area contributed by atoms with Crippen LogP contribution in [0.3, 0.4) is 0 Å². The van der Waals surface area contributed by atoms with E-state index in [0.717, 1.165) is 44.2 Å². The average Bonchev–Trinajstić information content (AvgIpc) is 2.81. The zero-order valence-corrected chi connectivity index (χ0v) is 16.9. The predicted octanol–water partition coefficient (Wildman–Crippen LogP) is 4.30. The lowest BCUT2D eigenvalue weighted by Crippen LogP contribution is -2.48. The van der Waals surface area contributed by atoms with E-state index in [9.17, 15) is 4.79 Å². The molecule has 1 aromatic heterocycles. The molecule has 1 aliphatic rings. The summed E-state index contributed by atoms with van der Waals surface area (Å²) in [6.45, 7) is 4.14. The van der Waals surface area contributed by atoms with Crippen LogP contribution >= 0.6 is 0 Å². The van der Waals surface area contributed by atoms with E-state index < -0.39 is 0 Å². The topological polar surface area (TPSA) is 48.5 Å². The number of carbonyl (C=O) groups is 1. The van der Waals surface area contributed by atoms with E-state index in [0.29, 0.717) is 5.56 Å². The summed E-state index contributed by atoms with van der Waals surface area (Å²) in [5.41, 5.74) is 2.82. The van der Waals surface area contributed by atoms with Gasteiger partial charge in [-0.25, -0.2) is 4.98 Å². The highest BCUT2D eigenvalue weighted by atomic mass is 16.2. The normalized spacial score (nSPS) is 14.7. The standard InChI is InChI=1S/C25H26N4O/c30-25(22-13-14-24(26-20-22)27-23-11-5-2-6-12-23)29-18-16-28(17-19-29)15-7-10-21-8-3-1-4-9-21/h1-14,20H,15-19H2,(H,26,27)/b10-7+. The molecule has 0 bridgehead atoms.